The maximum atomic E-state index is 10.2. The summed E-state index contributed by atoms with van der Waals surface area (Å²) in [6.07, 6.45) is 5.34. The van der Waals surface area contributed by atoms with Gasteiger partial charge in [-0.15, -0.1) is 11.3 Å². The van der Waals surface area contributed by atoms with Crippen LogP contribution in [0, 0.1) is 0 Å². The van der Waals surface area contributed by atoms with Crippen molar-refractivity contribution in [1.29, 1.82) is 0 Å². The molecule has 1 saturated carbocycles. The number of methoxy groups -OCH3 is 1. The van der Waals surface area contributed by atoms with Crippen molar-refractivity contribution < 1.29 is 9.84 Å². The Kier molecular flexibility index (Phi) is 5.08. The highest BCUT2D eigenvalue weighted by molar-refractivity contribution is 7.11. The summed E-state index contributed by atoms with van der Waals surface area (Å²) in [6.45, 7) is 1.27. The Morgan fingerprint density at radius 1 is 1.45 bits per heavy atom. The normalized spacial score (nSPS) is 16.3. The zero-order chi connectivity index (χ0) is 15.4. The minimum atomic E-state index is -0.533. The molecule has 0 radical (unpaired) electrons. The molecule has 2 N–H and O–H groups in total. The van der Waals surface area contributed by atoms with Gasteiger partial charge in [0.2, 0.25) is 0 Å². The van der Waals surface area contributed by atoms with Crippen molar-refractivity contribution >= 4 is 11.3 Å². The van der Waals surface area contributed by atoms with E-state index in [0.717, 1.165) is 17.9 Å². The lowest BCUT2D eigenvalue weighted by Crippen LogP contribution is -2.20. The molecule has 1 unspecified atom stereocenters. The molecule has 0 saturated heterocycles. The maximum absolute atomic E-state index is 10.2. The van der Waals surface area contributed by atoms with Crippen molar-refractivity contribution in [2.75, 3.05) is 13.7 Å². The number of benzene rings is 1. The highest BCUT2D eigenvalue weighted by atomic mass is 32.1. The maximum Gasteiger partial charge on any atom is 0.119 e. The highest BCUT2D eigenvalue weighted by Crippen LogP contribution is 2.38. The van der Waals surface area contributed by atoms with Crippen LogP contribution in [0.1, 0.15) is 46.7 Å². The van der Waals surface area contributed by atoms with Gasteiger partial charge in [-0.1, -0.05) is 18.6 Å². The van der Waals surface area contributed by atoms with Crippen molar-refractivity contribution in [1.82, 2.24) is 10.3 Å². The Balaban J connectivity index is 1.48. The van der Waals surface area contributed by atoms with Crippen LogP contribution in [0.2, 0.25) is 0 Å². The number of ether oxygens (including phenoxy) is 1. The molecule has 0 bridgehead atoms. The number of hydrogen-bond acceptors (Lipinski definition) is 5. The number of thiazole rings is 1. The lowest BCUT2D eigenvalue weighted by molar-refractivity contribution is 0.174. The first-order valence-electron chi connectivity index (χ1n) is 7.73. The SMILES string of the molecule is COc1cccc(C(O)CNCc2cnc(C3CCC3)s2)c1. The first-order valence-corrected chi connectivity index (χ1v) is 8.55. The van der Waals surface area contributed by atoms with E-state index < -0.39 is 6.10 Å². The van der Waals surface area contributed by atoms with E-state index in [0.29, 0.717) is 12.5 Å². The second kappa shape index (κ2) is 7.22. The lowest BCUT2D eigenvalue weighted by Gasteiger charge is -2.22. The van der Waals surface area contributed by atoms with Crippen molar-refractivity contribution in [3.8, 4) is 5.75 Å². The molecule has 0 aliphatic heterocycles. The quantitative estimate of drug-likeness (QED) is 0.823. The molecular formula is C17H22N2O2S. The van der Waals surface area contributed by atoms with Gasteiger partial charge >= 0.3 is 0 Å². The molecular weight excluding hydrogens is 296 g/mol. The molecule has 5 heteroatoms. The fourth-order valence-corrected chi connectivity index (χ4v) is 3.60. The van der Waals surface area contributed by atoms with E-state index >= 15 is 0 Å². The second-order valence-corrected chi connectivity index (χ2v) is 6.86. The number of rotatable bonds is 7. The van der Waals surface area contributed by atoms with E-state index in [1.807, 2.05) is 30.5 Å². The van der Waals surface area contributed by atoms with Crippen LogP contribution in [0.15, 0.2) is 30.5 Å². The van der Waals surface area contributed by atoms with E-state index in [4.69, 9.17) is 4.74 Å². The van der Waals surface area contributed by atoms with Gasteiger partial charge in [0.05, 0.1) is 18.2 Å². The van der Waals surface area contributed by atoms with Gasteiger partial charge in [-0.25, -0.2) is 4.98 Å². The summed E-state index contributed by atoms with van der Waals surface area (Å²) >= 11 is 1.80. The molecule has 1 aliphatic carbocycles. The van der Waals surface area contributed by atoms with Gasteiger partial charge in [-0.05, 0) is 30.5 Å². The van der Waals surface area contributed by atoms with Gasteiger partial charge in [0.15, 0.2) is 0 Å². The summed E-state index contributed by atoms with van der Waals surface area (Å²) < 4.78 is 5.18. The Hall–Kier alpha value is -1.43. The minimum absolute atomic E-state index is 0.518. The third-order valence-electron chi connectivity index (χ3n) is 4.14. The Morgan fingerprint density at radius 2 is 2.32 bits per heavy atom. The highest BCUT2D eigenvalue weighted by Gasteiger charge is 2.22. The molecule has 1 heterocycles. The third kappa shape index (κ3) is 3.66. The summed E-state index contributed by atoms with van der Waals surface area (Å²) in [5.74, 6) is 1.46. The van der Waals surface area contributed by atoms with Gasteiger partial charge in [-0.2, -0.15) is 0 Å². The Bertz CT molecular complexity index is 610. The van der Waals surface area contributed by atoms with E-state index in [1.54, 1.807) is 18.4 Å². The van der Waals surface area contributed by atoms with Crippen LogP contribution in [-0.4, -0.2) is 23.7 Å². The molecule has 22 heavy (non-hydrogen) atoms. The van der Waals surface area contributed by atoms with Crippen LogP contribution < -0.4 is 10.1 Å². The molecule has 118 valence electrons. The number of aliphatic hydroxyl groups is 1. The second-order valence-electron chi connectivity index (χ2n) is 5.72. The van der Waals surface area contributed by atoms with Gasteiger partial charge in [0.25, 0.3) is 0 Å². The number of aromatic nitrogens is 1. The van der Waals surface area contributed by atoms with Crippen molar-refractivity contribution in [2.24, 2.45) is 0 Å². The zero-order valence-corrected chi connectivity index (χ0v) is 13.6. The average Bonchev–Trinajstić information content (AvgIpc) is 2.93. The summed E-state index contributed by atoms with van der Waals surface area (Å²) in [4.78, 5) is 5.75. The average molecular weight is 318 g/mol. The molecule has 0 amide bonds. The van der Waals surface area contributed by atoms with Crippen molar-refractivity contribution in [2.45, 2.75) is 37.8 Å². The molecule has 0 spiro atoms. The molecule has 1 aromatic carbocycles. The number of nitrogens with zero attached hydrogens (tertiary/aromatic N) is 1. The van der Waals surface area contributed by atoms with Gasteiger partial charge in [-0.3, -0.25) is 0 Å². The molecule has 4 nitrogen and oxygen atoms in total. The number of nitrogens with one attached hydrogen (secondary N) is 1. The van der Waals surface area contributed by atoms with Crippen LogP contribution in [0.25, 0.3) is 0 Å². The first kappa shape index (κ1) is 15.5. The van der Waals surface area contributed by atoms with E-state index in [2.05, 4.69) is 10.3 Å². The first-order chi connectivity index (χ1) is 10.8. The van der Waals surface area contributed by atoms with E-state index in [9.17, 15) is 5.11 Å². The Labute approximate surface area is 135 Å². The molecule has 1 aliphatic rings. The molecule has 2 aromatic rings. The van der Waals surface area contributed by atoms with Crippen LogP contribution >= 0.6 is 11.3 Å². The topological polar surface area (TPSA) is 54.4 Å². The Morgan fingerprint density at radius 3 is 3.05 bits per heavy atom. The van der Waals surface area contributed by atoms with Crippen LogP contribution in [0.3, 0.4) is 0 Å². The smallest absolute Gasteiger partial charge is 0.119 e. The summed E-state index contributed by atoms with van der Waals surface area (Å²) in [5.41, 5.74) is 0.867. The predicted octanol–water partition coefficient (Wildman–Crippen LogP) is 3.24. The van der Waals surface area contributed by atoms with Gasteiger partial charge in [0, 0.05) is 30.1 Å². The van der Waals surface area contributed by atoms with E-state index in [1.165, 1.54) is 29.1 Å². The third-order valence-corrected chi connectivity index (χ3v) is 5.30. The van der Waals surface area contributed by atoms with Gasteiger partial charge in [0.1, 0.15) is 5.75 Å². The fraction of sp³-hybridized carbons (Fsp3) is 0.471. The zero-order valence-electron chi connectivity index (χ0n) is 12.8. The molecule has 3 rings (SSSR count). The summed E-state index contributed by atoms with van der Waals surface area (Å²) in [7, 11) is 1.63. The molecule has 1 fully saturated rings. The number of aliphatic hydroxyl groups excluding tert-OH is 1. The molecule has 1 aromatic heterocycles. The minimum Gasteiger partial charge on any atom is -0.497 e. The lowest BCUT2D eigenvalue weighted by atomic mass is 9.86. The monoisotopic (exact) mass is 318 g/mol. The molecule has 1 atom stereocenters. The fourth-order valence-electron chi connectivity index (χ4n) is 2.55. The summed E-state index contributed by atoms with van der Waals surface area (Å²) in [5, 5.41) is 14.8. The largest absolute Gasteiger partial charge is 0.497 e. The number of hydrogen-bond donors (Lipinski definition) is 2. The van der Waals surface area contributed by atoms with Crippen LogP contribution in [0.5, 0.6) is 5.75 Å². The van der Waals surface area contributed by atoms with E-state index in [-0.39, 0.29) is 0 Å². The summed E-state index contributed by atoms with van der Waals surface area (Å²) in [6, 6.07) is 7.55. The van der Waals surface area contributed by atoms with Gasteiger partial charge < -0.3 is 15.2 Å². The predicted molar refractivity (Wildman–Crippen MR) is 88.4 cm³/mol. The van der Waals surface area contributed by atoms with Crippen molar-refractivity contribution in [3.63, 3.8) is 0 Å². The van der Waals surface area contributed by atoms with Crippen LogP contribution in [-0.2, 0) is 6.54 Å². The standard InChI is InChI=1S/C17H22N2O2S/c1-21-14-7-3-6-13(8-14)16(20)11-18-9-15-10-19-17(22-15)12-4-2-5-12/h3,6-8,10,12,16,18,20H,2,4-5,9,11H2,1H3. The van der Waals surface area contributed by atoms with Crippen molar-refractivity contribution in [3.05, 3.63) is 45.9 Å². The van der Waals surface area contributed by atoms with Crippen LogP contribution in [0.4, 0.5) is 0 Å².